The number of rotatable bonds is 2. The van der Waals surface area contributed by atoms with E-state index >= 15 is 0 Å². The number of benzene rings is 1. The van der Waals surface area contributed by atoms with Gasteiger partial charge in [-0.25, -0.2) is 4.39 Å². The second kappa shape index (κ2) is 5.23. The Balaban J connectivity index is 0. The molecule has 0 bridgehead atoms. The Kier molecular flexibility index (Phi) is 5.02. The first kappa shape index (κ1) is 11.5. The Morgan fingerprint density at radius 1 is 1.25 bits per heavy atom. The first-order valence-corrected chi connectivity index (χ1v) is 2.97. The van der Waals surface area contributed by atoms with Crippen LogP contribution >= 0.6 is 0 Å². The van der Waals surface area contributed by atoms with Gasteiger partial charge in [-0.1, -0.05) is 0 Å². The van der Waals surface area contributed by atoms with Crippen LogP contribution in [0.3, 0.4) is 0 Å². The fraction of sp³-hybridized carbons (Fsp3) is 0. The third-order valence-corrected chi connectivity index (χ3v) is 1.06. The summed E-state index contributed by atoms with van der Waals surface area (Å²) in [5.41, 5.74) is 0. The van der Waals surface area contributed by atoms with Gasteiger partial charge in [0.25, 0.3) is 0 Å². The summed E-state index contributed by atoms with van der Waals surface area (Å²) in [7, 11) is -1.86. The Labute approximate surface area is 83.0 Å². The summed E-state index contributed by atoms with van der Waals surface area (Å²) in [5, 5.41) is 16.6. The van der Waals surface area contributed by atoms with Crippen LogP contribution in [0, 0.1) is 5.82 Å². The molecule has 2 N–H and O–H groups in total. The molecule has 0 unspecified atom stereocenters. The molecular formula is C6H7BFLiO3. The van der Waals surface area contributed by atoms with Crippen LogP contribution in [0.5, 0.6) is 5.75 Å². The van der Waals surface area contributed by atoms with Gasteiger partial charge in [0.05, 0.1) is 0 Å². The third-order valence-electron chi connectivity index (χ3n) is 1.06. The van der Waals surface area contributed by atoms with Crippen LogP contribution < -0.4 is 23.5 Å². The van der Waals surface area contributed by atoms with Crippen molar-refractivity contribution in [2.45, 2.75) is 0 Å². The molecule has 12 heavy (non-hydrogen) atoms. The smallest absolute Gasteiger partial charge is 1.00 e. The molecule has 0 amide bonds. The number of hydrogen-bond acceptors (Lipinski definition) is 3. The molecule has 0 aliphatic heterocycles. The summed E-state index contributed by atoms with van der Waals surface area (Å²) in [6.07, 6.45) is 0. The van der Waals surface area contributed by atoms with Gasteiger partial charge >= 0.3 is 26.2 Å². The molecule has 3 nitrogen and oxygen atoms in total. The number of halogens is 1. The van der Waals surface area contributed by atoms with Crippen LogP contribution in [0.25, 0.3) is 0 Å². The topological polar surface area (TPSA) is 49.7 Å². The van der Waals surface area contributed by atoms with Gasteiger partial charge in [-0.3, -0.25) is 0 Å². The largest absolute Gasteiger partial charge is 1.00 e. The van der Waals surface area contributed by atoms with Crippen molar-refractivity contribution in [1.29, 1.82) is 0 Å². The minimum atomic E-state index is -1.86. The molecule has 0 aliphatic rings. The van der Waals surface area contributed by atoms with Crippen LogP contribution in [0.15, 0.2) is 24.3 Å². The zero-order chi connectivity index (χ0) is 8.27. The molecule has 6 heteroatoms. The third kappa shape index (κ3) is 3.79. The van der Waals surface area contributed by atoms with Crippen LogP contribution in [-0.4, -0.2) is 17.4 Å². The summed E-state index contributed by atoms with van der Waals surface area (Å²) in [4.78, 5) is 0. The SMILES string of the molecule is OB(O)Oc1ccc(F)cc1.[H-].[Li+]. The second-order valence-electron chi connectivity index (χ2n) is 1.90. The van der Waals surface area contributed by atoms with Gasteiger partial charge in [0, 0.05) is 0 Å². The summed E-state index contributed by atoms with van der Waals surface area (Å²) in [6.45, 7) is 0. The van der Waals surface area contributed by atoms with Crippen molar-refractivity contribution in [3.63, 3.8) is 0 Å². The maximum atomic E-state index is 12.2. The molecule has 0 heterocycles. The Morgan fingerprint density at radius 3 is 2.17 bits per heavy atom. The zero-order valence-corrected chi connectivity index (χ0v) is 6.57. The Bertz CT molecular complexity index is 234. The van der Waals surface area contributed by atoms with E-state index in [0.29, 0.717) is 0 Å². The molecule has 0 radical (unpaired) electrons. The minimum absolute atomic E-state index is 0. The van der Waals surface area contributed by atoms with Gasteiger partial charge in [0.15, 0.2) is 0 Å². The van der Waals surface area contributed by atoms with E-state index in [1.807, 2.05) is 0 Å². The van der Waals surface area contributed by atoms with Crippen LogP contribution in [0.1, 0.15) is 1.43 Å². The van der Waals surface area contributed by atoms with E-state index in [0.717, 1.165) is 12.1 Å². The summed E-state index contributed by atoms with van der Waals surface area (Å²) >= 11 is 0. The van der Waals surface area contributed by atoms with Crippen molar-refractivity contribution in [2.24, 2.45) is 0 Å². The van der Waals surface area contributed by atoms with E-state index < -0.39 is 13.1 Å². The molecule has 0 atom stereocenters. The van der Waals surface area contributed by atoms with Crippen molar-refractivity contribution in [1.82, 2.24) is 0 Å². The fourth-order valence-corrected chi connectivity index (χ4v) is 0.635. The monoisotopic (exact) mass is 164 g/mol. The summed E-state index contributed by atoms with van der Waals surface area (Å²) < 4.78 is 16.7. The first-order chi connectivity index (χ1) is 5.18. The van der Waals surface area contributed by atoms with E-state index in [9.17, 15) is 4.39 Å². The summed E-state index contributed by atoms with van der Waals surface area (Å²) in [5.74, 6) is -0.189. The molecule has 1 aromatic rings. The Morgan fingerprint density at radius 2 is 1.75 bits per heavy atom. The molecule has 0 fully saturated rings. The molecule has 1 aromatic carbocycles. The fourth-order valence-electron chi connectivity index (χ4n) is 0.635. The molecule has 0 aliphatic carbocycles. The Hall–Kier alpha value is -0.468. The van der Waals surface area contributed by atoms with Crippen LogP contribution in [-0.2, 0) is 0 Å². The van der Waals surface area contributed by atoms with E-state index in [1.165, 1.54) is 12.1 Å². The van der Waals surface area contributed by atoms with Gasteiger partial charge in [-0.05, 0) is 24.3 Å². The molecule has 0 saturated carbocycles. The average Bonchev–Trinajstić information content (AvgIpc) is 1.93. The molecule has 0 aromatic heterocycles. The standard InChI is InChI=1S/C6H6BFO3.Li.H/c8-5-1-3-6(4-2-5)11-7(9)10;;/h1-4,9-10H;;/q;+1;-1. The zero-order valence-electron chi connectivity index (χ0n) is 7.57. The van der Waals surface area contributed by atoms with E-state index in [2.05, 4.69) is 4.65 Å². The van der Waals surface area contributed by atoms with E-state index in [1.54, 1.807) is 0 Å². The van der Waals surface area contributed by atoms with E-state index in [4.69, 9.17) is 10.0 Å². The molecule has 0 saturated heterocycles. The van der Waals surface area contributed by atoms with Crippen molar-refractivity contribution in [3.05, 3.63) is 30.1 Å². The molecule has 60 valence electrons. The predicted octanol–water partition coefficient (Wildman–Crippen LogP) is -2.71. The van der Waals surface area contributed by atoms with Gasteiger partial charge in [0.1, 0.15) is 11.6 Å². The molecule has 1 rings (SSSR count). The van der Waals surface area contributed by atoms with Crippen molar-refractivity contribution in [2.75, 3.05) is 0 Å². The normalized spacial score (nSPS) is 8.58. The number of hydrogen-bond donors (Lipinski definition) is 2. The maximum absolute atomic E-state index is 12.2. The minimum Gasteiger partial charge on any atom is -1.00 e. The van der Waals surface area contributed by atoms with Crippen molar-refractivity contribution < 1.29 is 39.4 Å². The first-order valence-electron chi connectivity index (χ1n) is 2.97. The van der Waals surface area contributed by atoms with Gasteiger partial charge in [0.2, 0.25) is 0 Å². The van der Waals surface area contributed by atoms with Crippen molar-refractivity contribution >= 4 is 7.32 Å². The van der Waals surface area contributed by atoms with E-state index in [-0.39, 0.29) is 26.0 Å². The quantitative estimate of drug-likeness (QED) is 0.467. The van der Waals surface area contributed by atoms with Gasteiger partial charge < -0.3 is 16.1 Å². The van der Waals surface area contributed by atoms with Crippen LogP contribution in [0.2, 0.25) is 0 Å². The molecular weight excluding hydrogens is 157 g/mol. The predicted molar refractivity (Wildman–Crippen MR) is 38.3 cm³/mol. The van der Waals surface area contributed by atoms with Gasteiger partial charge in [-0.2, -0.15) is 0 Å². The van der Waals surface area contributed by atoms with Gasteiger partial charge in [-0.15, -0.1) is 0 Å². The summed E-state index contributed by atoms with van der Waals surface area (Å²) in [6, 6.07) is 4.93. The second-order valence-corrected chi connectivity index (χ2v) is 1.90. The molecule has 0 spiro atoms. The average molecular weight is 164 g/mol. The van der Waals surface area contributed by atoms with Crippen LogP contribution in [0.4, 0.5) is 4.39 Å². The maximum Gasteiger partial charge on any atom is 1.00 e. The van der Waals surface area contributed by atoms with Crippen molar-refractivity contribution in [3.8, 4) is 5.75 Å².